The third-order valence-electron chi connectivity index (χ3n) is 9.36. The zero-order valence-electron chi connectivity index (χ0n) is 34.9. The van der Waals surface area contributed by atoms with Crippen LogP contribution in [0.1, 0.15) is 80.3 Å². The zero-order chi connectivity index (χ0) is 43.6. The van der Waals surface area contributed by atoms with Gasteiger partial charge in [0.15, 0.2) is 0 Å². The standard InChI is InChI=1S/C27H26N2O3.C20H20N2O3.CH3F/c1-27(2,3)22-14-13-19(15-24(22)30)29-26(31)21-16-28-23-12-8-7-11-20(23)25(21)32-17-18-9-5-4-6-10-18;1-20(2,3)15-9-8-12(10-17(15)23)22-19(25)14-11-21-16-7-5-4-6-13(16)18(14)24;1-2/h4-16,30H,17H2,1-3H3,(H,29,31);4-11,23H,1-3H3,(H,21,24)(H,22,25);1H3/i;;1D. The number of rotatable bonds is 7. The van der Waals surface area contributed by atoms with Gasteiger partial charge in [-0.05, 0) is 63.9 Å². The highest BCUT2D eigenvalue weighted by atomic mass is 19.1. The molecule has 7 aromatic rings. The second kappa shape index (κ2) is 18.5. The van der Waals surface area contributed by atoms with Crippen molar-refractivity contribution in [2.45, 2.75) is 59.0 Å². The van der Waals surface area contributed by atoms with Crippen molar-refractivity contribution in [3.05, 3.63) is 166 Å². The molecule has 0 aliphatic rings. The van der Waals surface area contributed by atoms with Crippen molar-refractivity contribution in [2.24, 2.45) is 0 Å². The van der Waals surface area contributed by atoms with Crippen molar-refractivity contribution < 1.29 is 30.3 Å². The predicted octanol–water partition coefficient (Wildman–Crippen LogP) is 10.4. The smallest absolute Gasteiger partial charge is 0.261 e. The molecule has 0 radical (unpaired) electrons. The average molecular weight is 798 g/mol. The Morgan fingerprint density at radius 1 is 0.729 bits per heavy atom. The summed E-state index contributed by atoms with van der Waals surface area (Å²) in [6.45, 7) is 12.4. The van der Waals surface area contributed by atoms with Crippen molar-refractivity contribution in [1.82, 2.24) is 9.97 Å². The van der Waals surface area contributed by atoms with E-state index in [0.29, 0.717) is 40.2 Å². The van der Waals surface area contributed by atoms with E-state index < -0.39 is 13.1 Å². The van der Waals surface area contributed by atoms with Gasteiger partial charge in [0.25, 0.3) is 11.8 Å². The van der Waals surface area contributed by atoms with Crippen LogP contribution in [0.4, 0.5) is 15.8 Å². The number of fused-ring (bicyclic) bond motifs is 2. The van der Waals surface area contributed by atoms with E-state index in [4.69, 9.17) is 6.11 Å². The summed E-state index contributed by atoms with van der Waals surface area (Å²) in [5.41, 5.74) is 4.59. The van der Waals surface area contributed by atoms with Gasteiger partial charge < -0.3 is 30.6 Å². The highest BCUT2D eigenvalue weighted by Crippen LogP contribution is 2.35. The highest BCUT2D eigenvalue weighted by molar-refractivity contribution is 6.09. The van der Waals surface area contributed by atoms with Crippen LogP contribution in [0.3, 0.4) is 0 Å². The van der Waals surface area contributed by atoms with E-state index in [-0.39, 0.29) is 39.2 Å². The van der Waals surface area contributed by atoms with Gasteiger partial charge in [0.2, 0.25) is 5.43 Å². The topological polar surface area (TPSA) is 154 Å². The molecule has 0 atom stereocenters. The monoisotopic (exact) mass is 797 g/mol. The van der Waals surface area contributed by atoms with Gasteiger partial charge in [-0.1, -0.05) is 108 Å². The lowest BCUT2D eigenvalue weighted by Gasteiger charge is -2.21. The molecule has 10 nitrogen and oxygen atoms in total. The number of nitrogens with zero attached hydrogens (tertiary/aromatic N) is 1. The minimum absolute atomic E-state index is 0.0260. The fourth-order valence-electron chi connectivity index (χ4n) is 6.38. The van der Waals surface area contributed by atoms with Gasteiger partial charge in [0.1, 0.15) is 35.0 Å². The number of para-hydroxylation sites is 2. The summed E-state index contributed by atoms with van der Waals surface area (Å²) < 4.78 is 21.6. The third-order valence-corrected chi connectivity index (χ3v) is 9.36. The molecule has 5 N–H and O–H groups in total. The fraction of sp³-hybridized carbons (Fsp3) is 0.208. The Kier molecular flexibility index (Phi) is 13.1. The molecule has 0 aliphatic heterocycles. The van der Waals surface area contributed by atoms with Crippen LogP contribution in [-0.4, -0.2) is 39.1 Å². The maximum atomic E-state index is 13.2. The first-order chi connectivity index (χ1) is 28.5. The number of phenolic OH excluding ortho intramolecular Hbond substituents is 2. The molecule has 5 aromatic carbocycles. The molecular weight excluding hydrogens is 748 g/mol. The molecule has 0 saturated heterocycles. The van der Waals surface area contributed by atoms with E-state index in [1.54, 1.807) is 42.5 Å². The molecule has 2 heterocycles. The first-order valence-electron chi connectivity index (χ1n) is 19.5. The zero-order valence-corrected chi connectivity index (χ0v) is 33.9. The quantitative estimate of drug-likeness (QED) is 0.108. The number of anilines is 2. The van der Waals surface area contributed by atoms with Gasteiger partial charge in [0, 0.05) is 52.2 Å². The van der Waals surface area contributed by atoms with Crippen LogP contribution in [0, 0.1) is 0 Å². The van der Waals surface area contributed by atoms with Crippen LogP contribution in [0.2, 0.25) is 0 Å². The number of pyridine rings is 2. The molecule has 2 amide bonds. The van der Waals surface area contributed by atoms with Crippen molar-refractivity contribution in [3.8, 4) is 17.2 Å². The maximum absolute atomic E-state index is 13.2. The lowest BCUT2D eigenvalue weighted by atomic mass is 9.86. The maximum Gasteiger partial charge on any atom is 0.261 e. The van der Waals surface area contributed by atoms with Crippen molar-refractivity contribution in [2.75, 3.05) is 17.8 Å². The second-order valence-electron chi connectivity index (χ2n) is 15.7. The summed E-state index contributed by atoms with van der Waals surface area (Å²) in [4.78, 5) is 45.5. The van der Waals surface area contributed by atoms with Crippen molar-refractivity contribution >= 4 is 45.0 Å². The minimum atomic E-state index is -1.00. The Morgan fingerprint density at radius 3 is 1.80 bits per heavy atom. The summed E-state index contributed by atoms with van der Waals surface area (Å²) in [5, 5.41) is 27.4. The number of H-pyrrole nitrogens is 1. The molecule has 7 rings (SSSR count). The molecule has 0 unspecified atom stereocenters. The Hall–Kier alpha value is -7.01. The van der Waals surface area contributed by atoms with Gasteiger partial charge in [-0.25, -0.2) is 0 Å². The van der Waals surface area contributed by atoms with Crippen LogP contribution >= 0.6 is 0 Å². The summed E-state index contributed by atoms with van der Waals surface area (Å²) >= 11 is 0. The molecule has 304 valence electrons. The number of hydrogen-bond donors (Lipinski definition) is 5. The number of halogens is 1. The van der Waals surface area contributed by atoms with Crippen LogP contribution in [0.5, 0.6) is 17.2 Å². The Morgan fingerprint density at radius 2 is 1.24 bits per heavy atom. The molecule has 0 spiro atoms. The molecular formula is C48H49FN4O6. The Labute approximate surface area is 344 Å². The SMILES string of the molecule is CC(C)(C)c1ccc(NC(=O)c2c[nH]c3ccccc3c2=O)cc1O.CC(C)(C)c1ccc(NC(=O)c2cnc3ccccc3c2OCc2ccccc2)cc1O.[2H]CF. The lowest BCUT2D eigenvalue weighted by molar-refractivity contribution is 0.101. The molecule has 11 heteroatoms. The van der Waals surface area contributed by atoms with E-state index >= 15 is 0 Å². The summed E-state index contributed by atoms with van der Waals surface area (Å²) in [6.07, 6.45) is 2.94. The fourth-order valence-corrected chi connectivity index (χ4v) is 6.38. The predicted molar refractivity (Wildman–Crippen MR) is 234 cm³/mol. The molecule has 0 bridgehead atoms. The minimum Gasteiger partial charge on any atom is -0.508 e. The van der Waals surface area contributed by atoms with Gasteiger partial charge >= 0.3 is 0 Å². The normalized spacial score (nSPS) is 11.3. The van der Waals surface area contributed by atoms with Crippen LogP contribution in [-0.2, 0) is 17.4 Å². The summed E-state index contributed by atoms with van der Waals surface area (Å²) in [7, 11) is -1.00. The first-order valence-corrected chi connectivity index (χ1v) is 18.8. The number of aromatic hydroxyl groups is 2. The number of benzene rings is 5. The third kappa shape index (κ3) is 10.5. The molecule has 0 aliphatic carbocycles. The van der Waals surface area contributed by atoms with E-state index in [0.717, 1.165) is 27.6 Å². The van der Waals surface area contributed by atoms with Gasteiger partial charge in [0.05, 0.1) is 14.0 Å². The van der Waals surface area contributed by atoms with E-state index in [9.17, 15) is 29.0 Å². The molecule has 0 fully saturated rings. The van der Waals surface area contributed by atoms with Gasteiger partial charge in [-0.2, -0.15) is 0 Å². The number of carbonyl (C=O) groups excluding carboxylic acids is 2. The molecule has 0 saturated carbocycles. The summed E-state index contributed by atoms with van der Waals surface area (Å²) in [6, 6.07) is 34.6. The van der Waals surface area contributed by atoms with E-state index in [1.165, 1.54) is 18.5 Å². The average Bonchev–Trinajstić information content (AvgIpc) is 3.20. The van der Waals surface area contributed by atoms with Gasteiger partial charge in [-0.15, -0.1) is 0 Å². The second-order valence-corrected chi connectivity index (χ2v) is 15.7. The van der Waals surface area contributed by atoms with Crippen molar-refractivity contribution in [3.63, 3.8) is 0 Å². The van der Waals surface area contributed by atoms with Crippen LogP contribution in [0.15, 0.2) is 132 Å². The number of aromatic nitrogens is 2. The number of carbonyl (C=O) groups is 2. The van der Waals surface area contributed by atoms with Crippen molar-refractivity contribution in [1.29, 1.82) is 0 Å². The number of aromatic amines is 1. The van der Waals surface area contributed by atoms with Crippen LogP contribution < -0.4 is 20.8 Å². The first kappa shape index (κ1) is 41.6. The number of phenols is 2. The van der Waals surface area contributed by atoms with E-state index in [2.05, 4.69) is 20.6 Å². The van der Waals surface area contributed by atoms with E-state index in [1.807, 2.05) is 108 Å². The highest BCUT2D eigenvalue weighted by Gasteiger charge is 2.22. The largest absolute Gasteiger partial charge is 0.508 e. The molecule has 2 aromatic heterocycles. The number of hydrogen-bond acceptors (Lipinski definition) is 7. The lowest BCUT2D eigenvalue weighted by Crippen LogP contribution is -2.22. The molecule has 59 heavy (non-hydrogen) atoms. The number of ether oxygens (including phenoxy) is 1. The number of amides is 2. The van der Waals surface area contributed by atoms with Gasteiger partial charge in [-0.3, -0.25) is 23.8 Å². The number of nitrogens with one attached hydrogen (secondary N) is 3. The van der Waals surface area contributed by atoms with Crippen LogP contribution in [0.25, 0.3) is 21.8 Å². The summed E-state index contributed by atoms with van der Waals surface area (Å²) in [5.74, 6) is -0.137. The number of alkyl halides is 1. The Bertz CT molecular complexity index is 2670. The Balaban J connectivity index is 0.000000219.